The van der Waals surface area contributed by atoms with Crippen LogP contribution in [0.4, 0.5) is 4.79 Å². The molecular formula is C28H33N2O7P. The number of alkyl carbamates (subject to hydrolysis) is 1. The van der Waals surface area contributed by atoms with Crippen LogP contribution in [0.2, 0.25) is 0 Å². The first-order valence-electron chi connectivity index (χ1n) is 12.3. The van der Waals surface area contributed by atoms with Crippen molar-refractivity contribution in [1.82, 2.24) is 9.99 Å². The summed E-state index contributed by atoms with van der Waals surface area (Å²) >= 11 is 0. The van der Waals surface area contributed by atoms with Crippen molar-refractivity contribution >= 4 is 19.8 Å². The average molecular weight is 541 g/mol. The van der Waals surface area contributed by atoms with Gasteiger partial charge >= 0.3 is 19.8 Å². The predicted octanol–water partition coefficient (Wildman–Crippen LogP) is 5.09. The third-order valence-corrected chi connectivity index (χ3v) is 7.42. The van der Waals surface area contributed by atoms with E-state index in [0.29, 0.717) is 18.7 Å². The third-order valence-electron chi connectivity index (χ3n) is 5.69. The zero-order valence-electron chi connectivity index (χ0n) is 21.5. The number of esters is 1. The zero-order valence-corrected chi connectivity index (χ0v) is 22.4. The van der Waals surface area contributed by atoms with Gasteiger partial charge < -0.3 is 24.2 Å². The lowest BCUT2D eigenvalue weighted by atomic mass is 10.1. The van der Waals surface area contributed by atoms with E-state index in [0.717, 1.165) is 11.1 Å². The lowest BCUT2D eigenvalue weighted by Crippen LogP contribution is -2.43. The molecule has 10 heteroatoms. The molecule has 3 aromatic rings. The summed E-state index contributed by atoms with van der Waals surface area (Å²) in [4.78, 5) is 35.7. The van der Waals surface area contributed by atoms with E-state index in [1.165, 1.54) is 4.67 Å². The van der Waals surface area contributed by atoms with Crippen molar-refractivity contribution in [3.05, 3.63) is 102 Å². The second-order valence-electron chi connectivity index (χ2n) is 8.42. The van der Waals surface area contributed by atoms with Gasteiger partial charge in [0.25, 0.3) is 0 Å². The summed E-state index contributed by atoms with van der Waals surface area (Å²) in [6.07, 6.45) is -0.642. The number of rotatable bonds is 13. The molecule has 0 aliphatic carbocycles. The largest absolute Gasteiger partial charge is 0.459 e. The molecule has 0 bridgehead atoms. The molecule has 0 spiro atoms. The highest BCUT2D eigenvalue weighted by molar-refractivity contribution is 7.50. The van der Waals surface area contributed by atoms with Gasteiger partial charge in [0.15, 0.2) is 0 Å². The van der Waals surface area contributed by atoms with E-state index < -0.39 is 25.9 Å². The maximum atomic E-state index is 12.9. The first-order chi connectivity index (χ1) is 18.3. The molecule has 0 aliphatic heterocycles. The van der Waals surface area contributed by atoms with E-state index in [2.05, 4.69) is 5.32 Å². The molecule has 0 aliphatic rings. The first-order valence-corrected chi connectivity index (χ1v) is 13.9. The molecule has 0 fully saturated rings. The van der Waals surface area contributed by atoms with Gasteiger partial charge in [0.1, 0.15) is 25.0 Å². The topological polar surface area (TPSA) is 114 Å². The molecule has 3 aromatic carbocycles. The smallest absolute Gasteiger partial charge is 0.458 e. The molecule has 1 amide bonds. The molecule has 0 saturated carbocycles. The van der Waals surface area contributed by atoms with Crippen LogP contribution in [-0.2, 0) is 38.5 Å². The Kier molecular flexibility index (Phi) is 10.9. The SMILES string of the molecule is CCN(CC)P(=O)(O)Oc1ccc(C[C@H](NC(=O)OCc2ccccc2)C(=O)OCc2ccccc2)cc1. The molecule has 0 heterocycles. The van der Waals surface area contributed by atoms with Crippen molar-refractivity contribution in [1.29, 1.82) is 0 Å². The molecule has 0 radical (unpaired) electrons. The van der Waals surface area contributed by atoms with Crippen LogP contribution >= 0.6 is 7.75 Å². The Bertz CT molecular complexity index is 1200. The fourth-order valence-corrected chi connectivity index (χ4v) is 4.85. The normalized spacial score (nSPS) is 13.3. The molecule has 38 heavy (non-hydrogen) atoms. The predicted molar refractivity (Wildman–Crippen MR) is 143 cm³/mol. The van der Waals surface area contributed by atoms with Crippen molar-refractivity contribution in [3.8, 4) is 5.75 Å². The average Bonchev–Trinajstić information content (AvgIpc) is 2.92. The fourth-order valence-electron chi connectivity index (χ4n) is 3.63. The summed E-state index contributed by atoms with van der Waals surface area (Å²) in [7, 11) is -3.99. The molecule has 3 rings (SSSR count). The van der Waals surface area contributed by atoms with E-state index >= 15 is 0 Å². The summed E-state index contributed by atoms with van der Waals surface area (Å²) in [5.41, 5.74) is 2.31. The second-order valence-corrected chi connectivity index (χ2v) is 10.2. The first kappa shape index (κ1) is 28.9. The molecule has 1 unspecified atom stereocenters. The van der Waals surface area contributed by atoms with Gasteiger partial charge in [0.2, 0.25) is 0 Å². The number of hydrogen-bond donors (Lipinski definition) is 2. The van der Waals surface area contributed by atoms with E-state index in [1.807, 2.05) is 60.7 Å². The van der Waals surface area contributed by atoms with Crippen LogP contribution < -0.4 is 9.84 Å². The Labute approximate surface area is 222 Å². The van der Waals surface area contributed by atoms with Crippen LogP contribution in [0.25, 0.3) is 0 Å². The maximum Gasteiger partial charge on any atom is 0.458 e. The van der Waals surface area contributed by atoms with E-state index in [1.54, 1.807) is 38.1 Å². The van der Waals surface area contributed by atoms with Gasteiger partial charge in [0.05, 0.1) is 0 Å². The molecule has 2 atom stereocenters. The van der Waals surface area contributed by atoms with Gasteiger partial charge in [-0.25, -0.2) is 14.2 Å². The highest BCUT2D eigenvalue weighted by Gasteiger charge is 2.29. The monoisotopic (exact) mass is 540 g/mol. The minimum absolute atomic E-state index is 0.0538. The number of benzene rings is 3. The third kappa shape index (κ3) is 9.03. The van der Waals surface area contributed by atoms with Gasteiger partial charge in [0, 0.05) is 19.5 Å². The number of ether oxygens (including phenoxy) is 2. The van der Waals surface area contributed by atoms with Crippen LogP contribution in [0, 0.1) is 0 Å². The number of nitrogens with one attached hydrogen (secondary N) is 1. The van der Waals surface area contributed by atoms with Crippen molar-refractivity contribution in [3.63, 3.8) is 0 Å². The maximum absolute atomic E-state index is 12.9. The number of amides is 1. The number of carbonyl (C=O) groups excluding carboxylic acids is 2. The second kappa shape index (κ2) is 14.3. The standard InChI is InChI=1S/C28H33N2O7P/c1-3-30(4-2)38(33,34)37-25-17-15-22(16-18-25)19-26(27(31)35-20-23-11-7-5-8-12-23)29-28(32)36-21-24-13-9-6-10-14-24/h5-18,26H,3-4,19-21H2,1-2H3,(H,29,32)(H,33,34)/t26-/m0/s1. The van der Waals surface area contributed by atoms with Crippen LogP contribution in [0.15, 0.2) is 84.9 Å². The zero-order chi connectivity index (χ0) is 27.4. The molecule has 2 N–H and O–H groups in total. The van der Waals surface area contributed by atoms with Crippen LogP contribution in [-0.4, -0.2) is 40.8 Å². The molecular weight excluding hydrogens is 507 g/mol. The van der Waals surface area contributed by atoms with Crippen molar-refractivity contribution in [2.24, 2.45) is 0 Å². The summed E-state index contributed by atoms with van der Waals surface area (Å²) in [6.45, 7) is 4.38. The Hall–Kier alpha value is -3.65. The van der Waals surface area contributed by atoms with Gasteiger partial charge in [-0.2, -0.15) is 4.67 Å². The van der Waals surface area contributed by atoms with Crippen molar-refractivity contribution < 1.29 is 33.0 Å². The summed E-state index contributed by atoms with van der Waals surface area (Å²) in [5, 5.41) is 2.60. The van der Waals surface area contributed by atoms with Gasteiger partial charge in [-0.1, -0.05) is 86.6 Å². The van der Waals surface area contributed by atoms with E-state index in [9.17, 15) is 19.0 Å². The van der Waals surface area contributed by atoms with Gasteiger partial charge in [-0.3, -0.25) is 0 Å². The highest BCUT2D eigenvalue weighted by atomic mass is 31.2. The Morgan fingerprint density at radius 1 is 0.816 bits per heavy atom. The highest BCUT2D eigenvalue weighted by Crippen LogP contribution is 2.46. The van der Waals surface area contributed by atoms with Crippen LogP contribution in [0.1, 0.15) is 30.5 Å². The lowest BCUT2D eigenvalue weighted by Gasteiger charge is -2.24. The molecule has 0 aromatic heterocycles. The fraction of sp³-hybridized carbons (Fsp3) is 0.286. The van der Waals surface area contributed by atoms with Gasteiger partial charge in [-0.15, -0.1) is 0 Å². The minimum Gasteiger partial charge on any atom is -0.459 e. The molecule has 0 saturated heterocycles. The number of carbonyl (C=O) groups is 2. The van der Waals surface area contributed by atoms with Crippen molar-refractivity contribution in [2.45, 2.75) is 39.5 Å². The lowest BCUT2D eigenvalue weighted by molar-refractivity contribution is -0.147. The van der Waals surface area contributed by atoms with Crippen molar-refractivity contribution in [2.75, 3.05) is 13.1 Å². The summed E-state index contributed by atoms with van der Waals surface area (Å²) in [5.74, 6) is -0.405. The number of hydrogen-bond acceptors (Lipinski definition) is 6. The van der Waals surface area contributed by atoms with E-state index in [-0.39, 0.29) is 25.4 Å². The van der Waals surface area contributed by atoms with E-state index in [4.69, 9.17) is 14.0 Å². The van der Waals surface area contributed by atoms with Crippen LogP contribution in [0.3, 0.4) is 0 Å². The molecule has 202 valence electrons. The Morgan fingerprint density at radius 2 is 1.34 bits per heavy atom. The van der Waals surface area contributed by atoms with Gasteiger partial charge in [-0.05, 0) is 28.8 Å². The molecule has 9 nitrogen and oxygen atoms in total. The number of nitrogens with zero attached hydrogens (tertiary/aromatic N) is 1. The van der Waals surface area contributed by atoms with Crippen LogP contribution in [0.5, 0.6) is 5.75 Å². The summed E-state index contributed by atoms with van der Waals surface area (Å²) < 4.78 is 29.9. The Morgan fingerprint density at radius 3 is 1.87 bits per heavy atom. The summed E-state index contributed by atoms with van der Waals surface area (Å²) in [6, 6.07) is 23.8. The minimum atomic E-state index is -3.99. The quantitative estimate of drug-likeness (QED) is 0.228. The Balaban J connectivity index is 1.66.